The highest BCUT2D eigenvalue weighted by molar-refractivity contribution is 5.82. The molecule has 0 unspecified atom stereocenters. The van der Waals surface area contributed by atoms with Gasteiger partial charge in [0.15, 0.2) is 0 Å². The van der Waals surface area contributed by atoms with E-state index >= 15 is 0 Å². The van der Waals surface area contributed by atoms with E-state index in [1.54, 1.807) is 0 Å². The smallest absolute Gasteiger partial charge is 0.416 e. The highest BCUT2D eigenvalue weighted by Crippen LogP contribution is 2.32. The van der Waals surface area contributed by atoms with Crippen molar-refractivity contribution in [2.75, 3.05) is 13.1 Å². The Hall–Kier alpha value is -2.45. The lowest BCUT2D eigenvalue weighted by Crippen LogP contribution is -2.50. The van der Waals surface area contributed by atoms with Crippen LogP contribution in [0.2, 0.25) is 0 Å². The number of nitrogens with one attached hydrogen (secondary N) is 1. The lowest BCUT2D eigenvalue weighted by atomic mass is 10.1. The zero-order chi connectivity index (χ0) is 18.6. The molecule has 0 aliphatic carbocycles. The van der Waals surface area contributed by atoms with Gasteiger partial charge in [0.1, 0.15) is 17.9 Å². The summed E-state index contributed by atoms with van der Waals surface area (Å²) in [5.41, 5.74) is -0.774. The predicted molar refractivity (Wildman–Crippen MR) is 82.3 cm³/mol. The minimum Gasteiger partial charge on any atom is -0.490 e. The van der Waals surface area contributed by atoms with Gasteiger partial charge in [-0.05, 0) is 25.1 Å². The van der Waals surface area contributed by atoms with Crippen LogP contribution in [0.25, 0.3) is 0 Å². The summed E-state index contributed by atoms with van der Waals surface area (Å²) in [5.74, 6) is -0.992. The van der Waals surface area contributed by atoms with Gasteiger partial charge in [0.25, 0.3) is 0 Å². The minimum absolute atomic E-state index is 0.136. The van der Waals surface area contributed by atoms with Crippen LogP contribution < -0.4 is 10.1 Å². The number of benzene rings is 1. The molecule has 2 N–H and O–H groups in total. The van der Waals surface area contributed by atoms with Crippen molar-refractivity contribution in [3.63, 3.8) is 0 Å². The molecule has 0 saturated carbocycles. The second-order valence-electron chi connectivity index (χ2n) is 5.84. The van der Waals surface area contributed by atoms with Crippen molar-refractivity contribution in [3.05, 3.63) is 29.8 Å². The predicted octanol–water partition coefficient (Wildman–Crippen LogP) is 2.73. The van der Waals surface area contributed by atoms with E-state index in [1.165, 1.54) is 24.0 Å². The summed E-state index contributed by atoms with van der Waals surface area (Å²) < 4.78 is 43.7. The number of hydrogen-bond donors (Lipinski definition) is 2. The average Bonchev–Trinajstić information content (AvgIpc) is 2.54. The summed E-state index contributed by atoms with van der Waals surface area (Å²) >= 11 is 0. The van der Waals surface area contributed by atoms with Crippen LogP contribution in [0.4, 0.5) is 18.0 Å². The first-order chi connectivity index (χ1) is 11.7. The molecular formula is C16H19F3N2O4. The Morgan fingerprint density at radius 3 is 2.52 bits per heavy atom. The van der Waals surface area contributed by atoms with Gasteiger partial charge in [-0.2, -0.15) is 13.2 Å². The van der Waals surface area contributed by atoms with Gasteiger partial charge in [0.05, 0.1) is 5.56 Å². The molecule has 0 radical (unpaired) electrons. The summed E-state index contributed by atoms with van der Waals surface area (Å²) in [7, 11) is 0. The van der Waals surface area contributed by atoms with Crippen molar-refractivity contribution in [1.29, 1.82) is 0 Å². The van der Waals surface area contributed by atoms with Gasteiger partial charge in [-0.1, -0.05) is 6.07 Å². The number of hydrogen-bond acceptors (Lipinski definition) is 3. The number of alkyl halides is 3. The Bertz CT molecular complexity index is 628. The first-order valence-corrected chi connectivity index (χ1v) is 7.79. The number of rotatable bonds is 4. The summed E-state index contributed by atoms with van der Waals surface area (Å²) in [6.45, 7) is 2.04. The van der Waals surface area contributed by atoms with Crippen LogP contribution in [0.5, 0.6) is 5.75 Å². The van der Waals surface area contributed by atoms with Gasteiger partial charge < -0.3 is 20.1 Å². The standard InChI is InChI=1S/C16H19F3N2O4/c1-10(14(22)23)20-15(24)21-7-5-12(6-8-21)25-13-4-2-3-11(9-13)16(17,18)19/h2-4,9-10,12H,5-8H2,1H3,(H,20,24)(H,22,23)/t10-/m0/s1. The molecule has 9 heteroatoms. The fraction of sp³-hybridized carbons (Fsp3) is 0.500. The Kier molecular flexibility index (Phi) is 5.76. The summed E-state index contributed by atoms with van der Waals surface area (Å²) in [6.07, 6.45) is -3.83. The number of likely N-dealkylation sites (tertiary alicyclic amines) is 1. The molecule has 138 valence electrons. The fourth-order valence-electron chi connectivity index (χ4n) is 2.45. The molecule has 1 aliphatic heterocycles. The molecule has 2 amide bonds. The summed E-state index contributed by atoms with van der Waals surface area (Å²) in [6, 6.07) is 3.20. The van der Waals surface area contributed by atoms with Crippen LogP contribution in [-0.4, -0.2) is 47.2 Å². The molecule has 1 saturated heterocycles. The first kappa shape index (κ1) is 18.9. The number of carboxylic acid groups (broad SMARTS) is 1. The van der Waals surface area contributed by atoms with E-state index in [-0.39, 0.29) is 11.9 Å². The van der Waals surface area contributed by atoms with Crippen molar-refractivity contribution >= 4 is 12.0 Å². The zero-order valence-corrected chi connectivity index (χ0v) is 13.5. The minimum atomic E-state index is -4.43. The number of piperidine rings is 1. The first-order valence-electron chi connectivity index (χ1n) is 7.79. The van der Waals surface area contributed by atoms with E-state index in [2.05, 4.69) is 5.32 Å². The number of aliphatic carboxylic acids is 1. The maximum Gasteiger partial charge on any atom is 0.416 e. The number of amides is 2. The van der Waals surface area contributed by atoms with Crippen LogP contribution in [0.1, 0.15) is 25.3 Å². The second-order valence-corrected chi connectivity index (χ2v) is 5.84. The van der Waals surface area contributed by atoms with Crippen molar-refractivity contribution in [3.8, 4) is 5.75 Å². The monoisotopic (exact) mass is 360 g/mol. The van der Waals surface area contributed by atoms with Crippen LogP contribution in [0.15, 0.2) is 24.3 Å². The lowest BCUT2D eigenvalue weighted by molar-refractivity contribution is -0.139. The highest BCUT2D eigenvalue weighted by atomic mass is 19.4. The van der Waals surface area contributed by atoms with E-state index < -0.39 is 29.8 Å². The molecule has 0 bridgehead atoms. The van der Waals surface area contributed by atoms with E-state index in [1.807, 2.05) is 0 Å². The van der Waals surface area contributed by atoms with Gasteiger partial charge >= 0.3 is 18.2 Å². The zero-order valence-electron chi connectivity index (χ0n) is 13.5. The molecule has 1 aliphatic rings. The Morgan fingerprint density at radius 1 is 1.32 bits per heavy atom. The van der Waals surface area contributed by atoms with Crippen molar-refractivity contribution in [2.45, 2.75) is 38.1 Å². The topological polar surface area (TPSA) is 78.9 Å². The molecule has 2 rings (SSSR count). The molecule has 1 fully saturated rings. The highest BCUT2D eigenvalue weighted by Gasteiger charge is 2.31. The number of nitrogens with zero attached hydrogens (tertiary/aromatic N) is 1. The van der Waals surface area contributed by atoms with Crippen molar-refractivity contribution in [1.82, 2.24) is 10.2 Å². The van der Waals surface area contributed by atoms with Crippen LogP contribution in [0.3, 0.4) is 0 Å². The largest absolute Gasteiger partial charge is 0.490 e. The summed E-state index contributed by atoms with van der Waals surface area (Å²) in [5, 5.41) is 11.1. The quantitative estimate of drug-likeness (QED) is 0.865. The number of halogens is 3. The third-order valence-electron chi connectivity index (χ3n) is 3.90. The summed E-state index contributed by atoms with van der Waals surface area (Å²) in [4.78, 5) is 24.1. The molecule has 6 nitrogen and oxygen atoms in total. The molecule has 1 heterocycles. The maximum absolute atomic E-state index is 12.7. The number of carbonyl (C=O) groups excluding carboxylic acids is 1. The Balaban J connectivity index is 1.86. The van der Waals surface area contributed by atoms with E-state index in [4.69, 9.17) is 9.84 Å². The van der Waals surface area contributed by atoms with E-state index in [0.717, 1.165) is 12.1 Å². The Labute approximate surface area is 142 Å². The molecular weight excluding hydrogens is 341 g/mol. The number of carboxylic acids is 1. The third kappa shape index (κ3) is 5.27. The Morgan fingerprint density at radius 2 is 1.96 bits per heavy atom. The molecule has 1 aromatic carbocycles. The molecule has 25 heavy (non-hydrogen) atoms. The third-order valence-corrected chi connectivity index (χ3v) is 3.90. The van der Waals surface area contributed by atoms with Crippen LogP contribution >= 0.6 is 0 Å². The lowest BCUT2D eigenvalue weighted by Gasteiger charge is -2.32. The molecule has 1 atom stereocenters. The van der Waals surface area contributed by atoms with Crippen LogP contribution in [-0.2, 0) is 11.0 Å². The van der Waals surface area contributed by atoms with Gasteiger partial charge in [0, 0.05) is 25.9 Å². The van der Waals surface area contributed by atoms with E-state index in [9.17, 15) is 22.8 Å². The average molecular weight is 360 g/mol. The molecule has 0 aromatic heterocycles. The second kappa shape index (κ2) is 7.62. The number of carbonyl (C=O) groups is 2. The maximum atomic E-state index is 12.7. The molecule has 0 spiro atoms. The van der Waals surface area contributed by atoms with Gasteiger partial charge in [-0.25, -0.2) is 4.79 Å². The molecule has 1 aromatic rings. The van der Waals surface area contributed by atoms with Crippen molar-refractivity contribution in [2.24, 2.45) is 0 Å². The van der Waals surface area contributed by atoms with Gasteiger partial charge in [-0.15, -0.1) is 0 Å². The fourth-order valence-corrected chi connectivity index (χ4v) is 2.45. The van der Waals surface area contributed by atoms with Gasteiger partial charge in [0.2, 0.25) is 0 Å². The van der Waals surface area contributed by atoms with Crippen molar-refractivity contribution < 1.29 is 32.6 Å². The van der Waals surface area contributed by atoms with Crippen LogP contribution in [0, 0.1) is 0 Å². The number of ether oxygens (including phenoxy) is 1. The van der Waals surface area contributed by atoms with E-state index in [0.29, 0.717) is 25.9 Å². The SMILES string of the molecule is C[C@H](NC(=O)N1CCC(Oc2cccc(C(F)(F)F)c2)CC1)C(=O)O. The van der Waals surface area contributed by atoms with Gasteiger partial charge in [-0.3, -0.25) is 4.79 Å². The number of urea groups is 1. The normalized spacial score (nSPS) is 17.0.